The van der Waals surface area contributed by atoms with Crippen LogP contribution in [0.15, 0.2) is 15.5 Å². The van der Waals surface area contributed by atoms with Crippen molar-refractivity contribution in [2.24, 2.45) is 5.92 Å². The third-order valence-electron chi connectivity index (χ3n) is 3.96. The van der Waals surface area contributed by atoms with Gasteiger partial charge in [0.2, 0.25) is 0 Å². The quantitative estimate of drug-likeness (QED) is 0.640. The Morgan fingerprint density at radius 3 is 2.71 bits per heavy atom. The van der Waals surface area contributed by atoms with Gasteiger partial charge in [-0.2, -0.15) is 5.10 Å². The number of halogens is 1. The number of nitrogens with zero attached hydrogens (tertiary/aromatic N) is 2. The second-order valence-electron chi connectivity index (χ2n) is 6.00. The first-order valence-corrected chi connectivity index (χ1v) is 9.01. The summed E-state index contributed by atoms with van der Waals surface area (Å²) in [4.78, 5) is 12.2. The van der Waals surface area contributed by atoms with Gasteiger partial charge in [0, 0.05) is 13.1 Å². The Morgan fingerprint density at radius 2 is 2.00 bits per heavy atom. The number of hydrogen-bond acceptors (Lipinski definition) is 3. The van der Waals surface area contributed by atoms with Gasteiger partial charge in [-0.15, -0.1) is 0 Å². The Labute approximate surface area is 135 Å². The Bertz CT molecular complexity index is 497. The zero-order valence-corrected chi connectivity index (χ0v) is 14.5. The van der Waals surface area contributed by atoms with Crippen molar-refractivity contribution >= 4 is 21.6 Å². The highest BCUT2D eigenvalue weighted by Gasteiger charge is 2.23. The molecule has 1 heterocycles. The number of anilines is 1. The fourth-order valence-electron chi connectivity index (χ4n) is 2.39. The summed E-state index contributed by atoms with van der Waals surface area (Å²) < 4.78 is 2.20. The molecule has 1 fully saturated rings. The van der Waals surface area contributed by atoms with E-state index in [1.54, 1.807) is 10.9 Å². The average Bonchev–Trinajstić information content (AvgIpc) is 3.29. The van der Waals surface area contributed by atoms with Crippen LogP contribution in [0.2, 0.25) is 0 Å². The van der Waals surface area contributed by atoms with Gasteiger partial charge >= 0.3 is 0 Å². The van der Waals surface area contributed by atoms with E-state index in [-0.39, 0.29) is 5.56 Å². The van der Waals surface area contributed by atoms with Gasteiger partial charge in [-0.05, 0) is 41.1 Å². The van der Waals surface area contributed by atoms with E-state index < -0.39 is 0 Å². The van der Waals surface area contributed by atoms with Crippen LogP contribution in [0.5, 0.6) is 0 Å². The normalized spacial score (nSPS) is 14.4. The highest BCUT2D eigenvalue weighted by Crippen LogP contribution is 2.30. The Kier molecular flexibility index (Phi) is 6.74. The molecule has 21 heavy (non-hydrogen) atoms. The van der Waals surface area contributed by atoms with E-state index in [1.165, 1.54) is 44.9 Å². The van der Waals surface area contributed by atoms with Gasteiger partial charge in [0.05, 0.1) is 11.9 Å². The lowest BCUT2D eigenvalue weighted by Crippen LogP contribution is -2.25. The lowest BCUT2D eigenvalue weighted by Gasteiger charge is -2.10. The third kappa shape index (κ3) is 5.46. The molecular formula is C16H26BrN3O. The van der Waals surface area contributed by atoms with Crippen LogP contribution < -0.4 is 10.9 Å². The maximum Gasteiger partial charge on any atom is 0.283 e. The monoisotopic (exact) mass is 355 g/mol. The Morgan fingerprint density at radius 1 is 1.29 bits per heavy atom. The number of rotatable bonds is 10. The molecule has 0 saturated heterocycles. The van der Waals surface area contributed by atoms with Crippen molar-refractivity contribution in [1.29, 1.82) is 0 Å². The molecule has 0 amide bonds. The van der Waals surface area contributed by atoms with E-state index in [1.807, 2.05) is 0 Å². The second kappa shape index (κ2) is 8.57. The number of aromatic nitrogens is 2. The topological polar surface area (TPSA) is 46.9 Å². The van der Waals surface area contributed by atoms with Gasteiger partial charge in [-0.3, -0.25) is 4.79 Å². The Hall–Kier alpha value is -0.840. The Balaban J connectivity index is 1.75. The van der Waals surface area contributed by atoms with Crippen LogP contribution in [0, 0.1) is 5.92 Å². The molecule has 1 saturated carbocycles. The third-order valence-corrected chi connectivity index (χ3v) is 4.73. The summed E-state index contributed by atoms with van der Waals surface area (Å²) in [5.74, 6) is 0.657. The predicted molar refractivity (Wildman–Crippen MR) is 90.8 cm³/mol. The van der Waals surface area contributed by atoms with E-state index in [0.29, 0.717) is 10.4 Å². The molecule has 0 aromatic carbocycles. The van der Waals surface area contributed by atoms with Gasteiger partial charge in [0.1, 0.15) is 4.47 Å². The van der Waals surface area contributed by atoms with Crippen LogP contribution in [0.25, 0.3) is 0 Å². The lowest BCUT2D eigenvalue weighted by molar-refractivity contribution is 0.531. The predicted octanol–water partition coefficient (Wildman–Crippen LogP) is 4.19. The van der Waals surface area contributed by atoms with E-state index in [2.05, 4.69) is 33.3 Å². The second-order valence-corrected chi connectivity index (χ2v) is 6.79. The largest absolute Gasteiger partial charge is 0.383 e. The molecule has 1 aliphatic rings. The fraction of sp³-hybridized carbons (Fsp3) is 0.750. The summed E-state index contributed by atoms with van der Waals surface area (Å²) in [6, 6.07) is 0. The molecule has 118 valence electrons. The lowest BCUT2D eigenvalue weighted by atomic mass is 10.1. The summed E-state index contributed by atoms with van der Waals surface area (Å²) in [5.41, 5.74) is 0.801. The van der Waals surface area contributed by atoms with Crippen LogP contribution in [0.1, 0.15) is 58.3 Å². The molecular weight excluding hydrogens is 330 g/mol. The smallest absolute Gasteiger partial charge is 0.283 e. The summed E-state index contributed by atoms with van der Waals surface area (Å²) in [5, 5.41) is 7.59. The van der Waals surface area contributed by atoms with Gasteiger partial charge in [-0.25, -0.2) is 4.68 Å². The summed E-state index contributed by atoms with van der Waals surface area (Å²) in [6.07, 6.45) is 11.9. The molecule has 1 aliphatic carbocycles. The first-order valence-electron chi connectivity index (χ1n) is 8.22. The van der Waals surface area contributed by atoms with Crippen molar-refractivity contribution in [2.75, 3.05) is 11.9 Å². The number of nitrogens with one attached hydrogen (secondary N) is 1. The molecule has 0 atom stereocenters. The van der Waals surface area contributed by atoms with Crippen molar-refractivity contribution in [2.45, 2.75) is 64.8 Å². The van der Waals surface area contributed by atoms with Gasteiger partial charge < -0.3 is 5.32 Å². The van der Waals surface area contributed by atoms with Crippen LogP contribution in [-0.4, -0.2) is 16.3 Å². The van der Waals surface area contributed by atoms with Crippen LogP contribution in [0.4, 0.5) is 5.69 Å². The van der Waals surface area contributed by atoms with Crippen LogP contribution in [0.3, 0.4) is 0 Å². The first kappa shape index (κ1) is 16.5. The SMILES string of the molecule is CCCCCCCCNc1cnn(CC2CC2)c(=O)c1Br. The molecule has 2 rings (SSSR count). The molecule has 0 bridgehead atoms. The highest BCUT2D eigenvalue weighted by atomic mass is 79.9. The fourth-order valence-corrected chi connectivity index (χ4v) is 2.84. The number of hydrogen-bond donors (Lipinski definition) is 1. The summed E-state index contributed by atoms with van der Waals surface area (Å²) >= 11 is 3.41. The van der Waals surface area contributed by atoms with Crippen LogP contribution >= 0.6 is 15.9 Å². The summed E-state index contributed by atoms with van der Waals surface area (Å²) in [6.45, 7) is 3.89. The van der Waals surface area contributed by atoms with Crippen LogP contribution in [-0.2, 0) is 6.54 Å². The van der Waals surface area contributed by atoms with Crippen molar-refractivity contribution < 1.29 is 0 Å². The average molecular weight is 356 g/mol. The van der Waals surface area contributed by atoms with Crippen molar-refractivity contribution in [1.82, 2.24) is 9.78 Å². The molecule has 0 aliphatic heterocycles. The van der Waals surface area contributed by atoms with Crippen molar-refractivity contribution in [3.05, 3.63) is 21.0 Å². The standard InChI is InChI=1S/C16H26BrN3O/c1-2-3-4-5-6-7-10-18-14-11-19-20(12-13-8-9-13)16(21)15(14)17/h11,13,18H,2-10,12H2,1H3. The molecule has 1 N–H and O–H groups in total. The zero-order valence-electron chi connectivity index (χ0n) is 12.9. The molecule has 5 heteroatoms. The maximum atomic E-state index is 12.2. The van der Waals surface area contributed by atoms with Crippen molar-refractivity contribution in [3.8, 4) is 0 Å². The zero-order chi connectivity index (χ0) is 15.1. The van der Waals surface area contributed by atoms with Gasteiger partial charge in [0.25, 0.3) is 5.56 Å². The van der Waals surface area contributed by atoms with Crippen molar-refractivity contribution in [3.63, 3.8) is 0 Å². The van der Waals surface area contributed by atoms with E-state index >= 15 is 0 Å². The maximum absolute atomic E-state index is 12.2. The first-order chi connectivity index (χ1) is 10.2. The highest BCUT2D eigenvalue weighted by molar-refractivity contribution is 9.10. The van der Waals surface area contributed by atoms with Gasteiger partial charge in [0.15, 0.2) is 0 Å². The minimum atomic E-state index is -0.0187. The molecule has 1 aromatic rings. The minimum Gasteiger partial charge on any atom is -0.383 e. The molecule has 0 spiro atoms. The molecule has 0 unspecified atom stereocenters. The molecule has 1 aromatic heterocycles. The van der Waals surface area contributed by atoms with E-state index in [9.17, 15) is 4.79 Å². The van der Waals surface area contributed by atoms with E-state index in [4.69, 9.17) is 0 Å². The van der Waals surface area contributed by atoms with E-state index in [0.717, 1.165) is 25.2 Å². The minimum absolute atomic E-state index is 0.0187. The summed E-state index contributed by atoms with van der Waals surface area (Å²) in [7, 11) is 0. The van der Waals surface area contributed by atoms with Gasteiger partial charge in [-0.1, -0.05) is 39.0 Å². The molecule has 0 radical (unpaired) electrons. The number of unbranched alkanes of at least 4 members (excludes halogenated alkanes) is 5. The molecule has 4 nitrogen and oxygen atoms in total.